The summed E-state index contributed by atoms with van der Waals surface area (Å²) in [5.74, 6) is 0. The van der Waals surface area contributed by atoms with Crippen LogP contribution in [0.4, 0.5) is 23.0 Å². The van der Waals surface area contributed by atoms with Gasteiger partial charge in [-0.25, -0.2) is 0 Å². The van der Waals surface area contributed by atoms with E-state index < -0.39 is 7.25 Å². The van der Waals surface area contributed by atoms with Crippen LogP contribution in [0.2, 0.25) is 0 Å². The van der Waals surface area contributed by atoms with Crippen LogP contribution in [-0.2, 0) is 0 Å². The van der Waals surface area contributed by atoms with Gasteiger partial charge >= 0.3 is 12.9 Å². The molecule has 8 heteroatoms. The first-order chi connectivity index (χ1) is 6.74. The third kappa shape index (κ3) is 8.17. The maximum Gasteiger partial charge on any atom is 0.673 e. The predicted molar refractivity (Wildman–Crippen MR) is 58.8 cm³/mol. The molecule has 0 atom stereocenters. The topological polar surface area (TPSA) is 28.1 Å². The molecule has 1 aromatic carbocycles. The van der Waals surface area contributed by atoms with Crippen molar-refractivity contribution in [3.8, 4) is 0 Å². The third-order valence-electron chi connectivity index (χ3n) is 1.27. The van der Waals surface area contributed by atoms with Gasteiger partial charge in [0.05, 0.1) is 0 Å². The largest absolute Gasteiger partial charge is 0.673 e. The van der Waals surface area contributed by atoms with Gasteiger partial charge in [0.15, 0.2) is 4.98 Å². The minimum Gasteiger partial charge on any atom is -0.418 e. The zero-order valence-corrected chi connectivity index (χ0v) is 9.75. The SMILES string of the molecule is Cc1cc(I)ccc1[N+]#N.F[B-](F)(F)F. The Morgan fingerprint density at radius 3 is 2.07 bits per heavy atom. The number of aryl methyl sites for hydroxylation is 1. The molecule has 0 radical (unpaired) electrons. The quantitative estimate of drug-likeness (QED) is 0.300. The van der Waals surface area contributed by atoms with Gasteiger partial charge in [0.25, 0.3) is 0 Å². The molecule has 0 aliphatic carbocycles. The fourth-order valence-electron chi connectivity index (χ4n) is 0.731. The molecule has 0 spiro atoms. The Kier molecular flexibility index (Phi) is 5.56. The predicted octanol–water partition coefficient (Wildman–Crippen LogP) is 4.38. The van der Waals surface area contributed by atoms with Crippen LogP contribution in [0.3, 0.4) is 0 Å². The van der Waals surface area contributed by atoms with Gasteiger partial charge in [-0.1, -0.05) is 0 Å². The number of nitrogens with zero attached hydrogens (tertiary/aromatic N) is 2. The van der Waals surface area contributed by atoms with Crippen molar-refractivity contribution in [1.29, 1.82) is 5.39 Å². The Morgan fingerprint density at radius 1 is 1.27 bits per heavy atom. The van der Waals surface area contributed by atoms with Gasteiger partial charge < -0.3 is 17.3 Å². The fraction of sp³-hybridized carbons (Fsp3) is 0.143. The average molecular weight is 332 g/mol. The van der Waals surface area contributed by atoms with Crippen LogP contribution < -0.4 is 0 Å². The fourth-order valence-corrected chi connectivity index (χ4v) is 1.38. The molecule has 0 aromatic heterocycles. The number of benzene rings is 1. The highest BCUT2D eigenvalue weighted by atomic mass is 127. The highest BCUT2D eigenvalue weighted by Crippen LogP contribution is 2.19. The van der Waals surface area contributed by atoms with E-state index >= 15 is 0 Å². The molecule has 0 unspecified atom stereocenters. The number of hydrogen-bond donors (Lipinski definition) is 0. The van der Waals surface area contributed by atoms with Crippen LogP contribution in [-0.4, -0.2) is 7.25 Å². The lowest BCUT2D eigenvalue weighted by atomic mass is 10.2. The van der Waals surface area contributed by atoms with E-state index in [1.165, 1.54) is 0 Å². The van der Waals surface area contributed by atoms with Gasteiger partial charge in [0, 0.05) is 15.2 Å². The summed E-state index contributed by atoms with van der Waals surface area (Å²) in [6.45, 7) is 1.91. The Morgan fingerprint density at radius 2 is 1.73 bits per heavy atom. The van der Waals surface area contributed by atoms with Crippen LogP contribution in [0.1, 0.15) is 5.56 Å². The second-order valence-corrected chi connectivity index (χ2v) is 3.77. The molecule has 15 heavy (non-hydrogen) atoms. The summed E-state index contributed by atoms with van der Waals surface area (Å²) in [5.41, 5.74) is 1.63. The molecule has 0 saturated heterocycles. The van der Waals surface area contributed by atoms with Gasteiger partial charge in [0.1, 0.15) is 0 Å². The second kappa shape index (κ2) is 5.90. The van der Waals surface area contributed by atoms with Crippen LogP contribution in [0.5, 0.6) is 0 Å². The molecule has 1 rings (SSSR count). The first kappa shape index (κ1) is 14.2. The van der Waals surface area contributed by atoms with E-state index in [2.05, 4.69) is 27.6 Å². The molecule has 2 nitrogen and oxygen atoms in total. The van der Waals surface area contributed by atoms with E-state index in [0.29, 0.717) is 5.69 Å². The molecule has 0 amide bonds. The molecule has 0 bridgehead atoms. The van der Waals surface area contributed by atoms with Crippen molar-refractivity contribution >= 4 is 35.5 Å². The Balaban J connectivity index is 0.000000336. The normalized spacial score (nSPS) is 9.93. The minimum absolute atomic E-state index is 0.639. The van der Waals surface area contributed by atoms with Gasteiger partial charge in [-0.3, -0.25) is 0 Å². The van der Waals surface area contributed by atoms with Crippen molar-refractivity contribution in [2.45, 2.75) is 6.92 Å². The summed E-state index contributed by atoms with van der Waals surface area (Å²) in [6.07, 6.45) is 0. The van der Waals surface area contributed by atoms with Crippen molar-refractivity contribution in [3.63, 3.8) is 0 Å². The van der Waals surface area contributed by atoms with Crippen molar-refractivity contribution < 1.29 is 17.3 Å². The first-order valence-electron chi connectivity index (χ1n) is 3.72. The summed E-state index contributed by atoms with van der Waals surface area (Å²) in [7, 11) is -6.00. The molecule has 0 aliphatic heterocycles. The maximum atomic E-state index is 9.75. The van der Waals surface area contributed by atoms with Crippen LogP contribution in [0.25, 0.3) is 4.98 Å². The molecule has 0 heterocycles. The first-order valence-corrected chi connectivity index (χ1v) is 4.80. The van der Waals surface area contributed by atoms with E-state index in [9.17, 15) is 17.3 Å². The molecule has 82 valence electrons. The standard InChI is InChI=1S/C7H6IN2.BF4/c1-5-4-6(8)2-3-7(5)10-9;2-1(3,4)5/h2-4H,1H3;/q+1;-1. The number of diazo groups is 1. The Bertz CT molecular complexity index is 368. The zero-order valence-electron chi connectivity index (χ0n) is 7.59. The lowest BCUT2D eigenvalue weighted by Gasteiger charge is -1.94. The number of halogens is 5. The van der Waals surface area contributed by atoms with Gasteiger partial charge in [-0.15, -0.1) is 0 Å². The Hall–Kier alpha value is -0.845. The van der Waals surface area contributed by atoms with E-state index in [-0.39, 0.29) is 0 Å². The zero-order chi connectivity index (χ0) is 12.1. The van der Waals surface area contributed by atoms with Crippen LogP contribution >= 0.6 is 22.6 Å². The van der Waals surface area contributed by atoms with Crippen molar-refractivity contribution in [1.82, 2.24) is 0 Å². The number of rotatable bonds is 0. The van der Waals surface area contributed by atoms with Gasteiger partial charge in [-0.05, 0) is 41.6 Å². The summed E-state index contributed by atoms with van der Waals surface area (Å²) in [5, 5.41) is 8.43. The number of hydrogen-bond acceptors (Lipinski definition) is 1. The monoisotopic (exact) mass is 332 g/mol. The van der Waals surface area contributed by atoms with Crippen molar-refractivity contribution in [2.24, 2.45) is 0 Å². The molecule has 0 N–H and O–H groups in total. The van der Waals surface area contributed by atoms with E-state index in [0.717, 1.165) is 9.13 Å². The second-order valence-electron chi connectivity index (χ2n) is 2.53. The van der Waals surface area contributed by atoms with Crippen molar-refractivity contribution in [3.05, 3.63) is 32.3 Å². The maximum absolute atomic E-state index is 9.75. The average Bonchev–Trinajstić information content (AvgIpc) is 2.01. The molecule has 1 aromatic rings. The lowest BCUT2D eigenvalue weighted by molar-refractivity contribution is 0.368. The summed E-state index contributed by atoms with van der Waals surface area (Å²) >= 11 is 2.22. The summed E-state index contributed by atoms with van der Waals surface area (Å²) in [4.78, 5) is 3.11. The van der Waals surface area contributed by atoms with Gasteiger partial charge in [-0.2, -0.15) is 0 Å². The summed E-state index contributed by atoms with van der Waals surface area (Å²) < 4.78 is 40.2. The summed E-state index contributed by atoms with van der Waals surface area (Å²) in [6, 6.07) is 5.66. The van der Waals surface area contributed by atoms with Gasteiger partial charge in [0.2, 0.25) is 5.39 Å². The Labute approximate surface area is 97.5 Å². The van der Waals surface area contributed by atoms with E-state index in [1.807, 2.05) is 19.1 Å². The molecule has 0 saturated carbocycles. The molecular weight excluding hydrogens is 326 g/mol. The third-order valence-corrected chi connectivity index (χ3v) is 1.94. The van der Waals surface area contributed by atoms with E-state index in [1.54, 1.807) is 6.07 Å². The van der Waals surface area contributed by atoms with E-state index in [4.69, 9.17) is 5.39 Å². The lowest BCUT2D eigenvalue weighted by Crippen LogP contribution is -2.02. The molecule has 0 fully saturated rings. The molecule has 0 aliphatic rings. The molecular formula is C7H6BF4IN2. The van der Waals surface area contributed by atoms with Crippen LogP contribution in [0, 0.1) is 15.9 Å². The highest BCUT2D eigenvalue weighted by Gasteiger charge is 2.20. The van der Waals surface area contributed by atoms with Crippen LogP contribution in [0.15, 0.2) is 18.2 Å². The smallest absolute Gasteiger partial charge is 0.418 e. The minimum atomic E-state index is -6.00. The highest BCUT2D eigenvalue weighted by molar-refractivity contribution is 14.1. The van der Waals surface area contributed by atoms with Crippen molar-refractivity contribution in [2.75, 3.05) is 0 Å².